The van der Waals surface area contributed by atoms with Gasteiger partial charge in [0.1, 0.15) is 13.2 Å². The average molecular weight is 1120 g/mol. The summed E-state index contributed by atoms with van der Waals surface area (Å²) in [5, 5.41) is 0. The predicted molar refractivity (Wildman–Crippen MR) is 353 cm³/mol. The van der Waals surface area contributed by atoms with Gasteiger partial charge in [0.05, 0.1) is 0 Å². The molecule has 81 heavy (non-hydrogen) atoms. The summed E-state index contributed by atoms with van der Waals surface area (Å²) in [6.45, 7) is 6.38. The van der Waals surface area contributed by atoms with Crippen molar-refractivity contribution in [1.29, 1.82) is 0 Å². The molecule has 1 unspecified atom stereocenters. The molecule has 0 aliphatic rings. The van der Waals surface area contributed by atoms with Gasteiger partial charge in [0.15, 0.2) is 6.10 Å². The molecule has 0 amide bonds. The van der Waals surface area contributed by atoms with Crippen molar-refractivity contribution >= 4 is 17.9 Å². The van der Waals surface area contributed by atoms with E-state index in [1.54, 1.807) is 0 Å². The van der Waals surface area contributed by atoms with Gasteiger partial charge in [-0.1, -0.05) is 309 Å². The molecular formula is C75H124O6. The van der Waals surface area contributed by atoms with Crippen LogP contribution in [0.1, 0.15) is 303 Å². The van der Waals surface area contributed by atoms with E-state index in [-0.39, 0.29) is 37.5 Å². The van der Waals surface area contributed by atoms with Crippen molar-refractivity contribution in [1.82, 2.24) is 0 Å². The minimum absolute atomic E-state index is 0.102. The molecule has 0 spiro atoms. The fraction of sp³-hybridized carbons (Fsp3) is 0.667. The predicted octanol–water partition coefficient (Wildman–Crippen LogP) is 23.3. The van der Waals surface area contributed by atoms with E-state index < -0.39 is 6.10 Å². The van der Waals surface area contributed by atoms with Gasteiger partial charge < -0.3 is 14.2 Å². The Labute approximate surface area is 500 Å². The first-order valence-electron chi connectivity index (χ1n) is 33.7. The lowest BCUT2D eigenvalue weighted by molar-refractivity contribution is -0.167. The van der Waals surface area contributed by atoms with Crippen LogP contribution in [-0.4, -0.2) is 37.2 Å². The Morgan fingerprint density at radius 3 is 0.802 bits per heavy atom. The monoisotopic (exact) mass is 1120 g/mol. The smallest absolute Gasteiger partial charge is 0.306 e. The molecule has 0 aromatic rings. The topological polar surface area (TPSA) is 78.9 Å². The quantitative estimate of drug-likeness (QED) is 0.0261. The molecule has 0 heterocycles. The highest BCUT2D eigenvalue weighted by atomic mass is 16.6. The second kappa shape index (κ2) is 68.1. The highest BCUT2D eigenvalue weighted by Crippen LogP contribution is 2.17. The first-order chi connectivity index (χ1) is 40.0. The normalized spacial score (nSPS) is 13.0. The Morgan fingerprint density at radius 1 is 0.259 bits per heavy atom. The zero-order valence-electron chi connectivity index (χ0n) is 52.8. The third-order valence-corrected chi connectivity index (χ3v) is 14.2. The molecule has 1 atom stereocenters. The van der Waals surface area contributed by atoms with E-state index in [1.165, 1.54) is 135 Å². The summed E-state index contributed by atoms with van der Waals surface area (Å²) in [5.74, 6) is -0.961. The molecule has 6 heteroatoms. The fourth-order valence-electron chi connectivity index (χ4n) is 9.19. The van der Waals surface area contributed by atoms with E-state index in [9.17, 15) is 14.4 Å². The third kappa shape index (κ3) is 66.2. The van der Waals surface area contributed by atoms with E-state index in [4.69, 9.17) is 14.2 Å². The van der Waals surface area contributed by atoms with Crippen molar-refractivity contribution in [2.45, 2.75) is 309 Å². The number of hydrogen-bond donors (Lipinski definition) is 0. The van der Waals surface area contributed by atoms with Crippen LogP contribution in [0, 0.1) is 0 Å². The third-order valence-electron chi connectivity index (χ3n) is 14.2. The summed E-state index contributed by atoms with van der Waals surface area (Å²) >= 11 is 0. The number of rotatable bonds is 60. The van der Waals surface area contributed by atoms with Crippen molar-refractivity contribution < 1.29 is 28.6 Å². The second-order valence-corrected chi connectivity index (χ2v) is 22.0. The van der Waals surface area contributed by atoms with E-state index in [1.807, 2.05) is 0 Å². The molecule has 0 aromatic heterocycles. The Bertz CT molecular complexity index is 1720. The number of carbonyl (C=O) groups is 3. The molecule has 0 rings (SSSR count). The van der Waals surface area contributed by atoms with Gasteiger partial charge in [-0.2, -0.15) is 0 Å². The molecule has 0 radical (unpaired) electrons. The molecule has 0 bridgehead atoms. The van der Waals surface area contributed by atoms with E-state index in [2.05, 4.69) is 154 Å². The summed E-state index contributed by atoms with van der Waals surface area (Å²) in [6.07, 6.45) is 96.1. The number of unbranched alkanes of at least 4 members (excludes halogenated alkanes) is 27. The van der Waals surface area contributed by atoms with Crippen LogP contribution < -0.4 is 0 Å². The first-order valence-corrected chi connectivity index (χ1v) is 33.7. The van der Waals surface area contributed by atoms with E-state index >= 15 is 0 Å². The lowest BCUT2D eigenvalue weighted by Gasteiger charge is -2.18. The summed E-state index contributed by atoms with van der Waals surface area (Å²) in [6, 6.07) is 0. The maximum atomic E-state index is 12.9. The lowest BCUT2D eigenvalue weighted by Crippen LogP contribution is -2.30. The zero-order chi connectivity index (χ0) is 58.5. The van der Waals surface area contributed by atoms with Crippen molar-refractivity contribution in [3.05, 3.63) is 134 Å². The minimum atomic E-state index is -0.809. The molecular weight excluding hydrogens is 997 g/mol. The Kier molecular flexibility index (Phi) is 64.3. The molecule has 6 nitrogen and oxygen atoms in total. The summed E-state index contributed by atoms with van der Waals surface area (Å²) in [5.41, 5.74) is 0. The van der Waals surface area contributed by atoms with Gasteiger partial charge in [-0.15, -0.1) is 0 Å². The Balaban J connectivity index is 4.43. The largest absolute Gasteiger partial charge is 0.462 e. The second-order valence-electron chi connectivity index (χ2n) is 22.0. The van der Waals surface area contributed by atoms with Crippen molar-refractivity contribution in [3.8, 4) is 0 Å². The molecule has 0 aromatic carbocycles. The number of ether oxygens (including phenoxy) is 3. The van der Waals surface area contributed by atoms with Crippen LogP contribution in [0.5, 0.6) is 0 Å². The van der Waals surface area contributed by atoms with Crippen molar-refractivity contribution in [2.75, 3.05) is 13.2 Å². The fourth-order valence-corrected chi connectivity index (χ4v) is 9.19. The maximum Gasteiger partial charge on any atom is 0.306 e. The van der Waals surface area contributed by atoms with E-state index in [0.717, 1.165) is 122 Å². The highest BCUT2D eigenvalue weighted by molar-refractivity contribution is 5.71. The number of hydrogen-bond acceptors (Lipinski definition) is 6. The van der Waals surface area contributed by atoms with E-state index in [0.29, 0.717) is 19.3 Å². The van der Waals surface area contributed by atoms with Crippen LogP contribution in [0.3, 0.4) is 0 Å². The first kappa shape index (κ1) is 76.5. The Hall–Kier alpha value is -4.45. The summed E-state index contributed by atoms with van der Waals surface area (Å²) in [4.78, 5) is 38.4. The Morgan fingerprint density at radius 2 is 0.494 bits per heavy atom. The molecule has 0 fully saturated rings. The van der Waals surface area contributed by atoms with Crippen molar-refractivity contribution in [2.24, 2.45) is 0 Å². The van der Waals surface area contributed by atoms with Gasteiger partial charge in [0, 0.05) is 19.3 Å². The van der Waals surface area contributed by atoms with Gasteiger partial charge in [-0.05, 0) is 109 Å². The maximum absolute atomic E-state index is 12.9. The highest BCUT2D eigenvalue weighted by Gasteiger charge is 2.19. The van der Waals surface area contributed by atoms with Gasteiger partial charge >= 0.3 is 17.9 Å². The van der Waals surface area contributed by atoms with Gasteiger partial charge in [-0.3, -0.25) is 14.4 Å². The van der Waals surface area contributed by atoms with Gasteiger partial charge in [0.2, 0.25) is 0 Å². The lowest BCUT2D eigenvalue weighted by atomic mass is 10.0. The SMILES string of the molecule is CC/C=C\C/C=C\C/C=C\C/C=C\C/C=C\C/C=C\CCCCCCCCCCC(=O)OCC(COC(=O)CCC/C=C\C/C=C\C/C=C\C/C=C\C/C=C\CC)OC(=O)CCCCCCCCCCCCCCCCCCCCC. The number of esters is 3. The summed E-state index contributed by atoms with van der Waals surface area (Å²) < 4.78 is 16.9. The van der Waals surface area contributed by atoms with Crippen LogP contribution >= 0.6 is 0 Å². The van der Waals surface area contributed by atoms with Crippen LogP contribution in [0.2, 0.25) is 0 Å². The minimum Gasteiger partial charge on any atom is -0.462 e. The average Bonchev–Trinajstić information content (AvgIpc) is 3.47. The van der Waals surface area contributed by atoms with Gasteiger partial charge in [-0.25, -0.2) is 0 Å². The molecule has 0 aliphatic heterocycles. The zero-order valence-corrected chi connectivity index (χ0v) is 52.8. The summed E-state index contributed by atoms with van der Waals surface area (Å²) in [7, 11) is 0. The molecule has 0 aliphatic carbocycles. The number of allylic oxidation sites excluding steroid dienone is 22. The standard InChI is InChI=1S/C75H124O6/c1-4-7-10-13-16-19-22-25-28-31-33-34-35-36-37-38-39-40-42-44-47-50-53-56-59-62-65-68-74(77)80-71-72(70-79-73(76)67-64-61-58-55-52-49-46-43-30-27-24-21-18-15-12-9-6-3)81-75(78)69-66-63-60-57-54-51-48-45-41-32-29-26-23-20-17-14-11-8-5-2/h7,9-10,12,16,18-19,21,25,27-28,30,33-34,36-37,39-40,46,49,55,58,72H,4-6,8,11,13-15,17,20,22-24,26,29,31-32,35,38,41-45,47-48,50-54,56-57,59-71H2,1-3H3/b10-7-,12-9-,19-16-,21-18-,28-25-,30-27-,34-33-,37-36-,40-39-,49-46-,58-55-. The van der Waals surface area contributed by atoms with Crippen LogP contribution in [0.15, 0.2) is 134 Å². The van der Waals surface area contributed by atoms with Crippen molar-refractivity contribution in [3.63, 3.8) is 0 Å². The molecule has 0 N–H and O–H groups in total. The van der Waals surface area contributed by atoms with Crippen LogP contribution in [0.25, 0.3) is 0 Å². The number of carbonyl (C=O) groups excluding carboxylic acids is 3. The molecule has 0 saturated heterocycles. The molecule has 0 saturated carbocycles. The molecule has 460 valence electrons. The van der Waals surface area contributed by atoms with Crippen LogP contribution in [-0.2, 0) is 28.6 Å². The van der Waals surface area contributed by atoms with Gasteiger partial charge in [0.25, 0.3) is 0 Å². The van der Waals surface area contributed by atoms with Crippen LogP contribution in [0.4, 0.5) is 0 Å².